The van der Waals surface area contributed by atoms with Crippen molar-refractivity contribution in [1.29, 1.82) is 0 Å². The zero-order valence-corrected chi connectivity index (χ0v) is 12.8. The molecule has 6 atom stereocenters. The van der Waals surface area contributed by atoms with Crippen molar-refractivity contribution >= 4 is 17.3 Å². The van der Waals surface area contributed by atoms with Gasteiger partial charge in [0.2, 0.25) is 17.3 Å². The van der Waals surface area contributed by atoms with Gasteiger partial charge < -0.3 is 29.9 Å². The Balaban J connectivity index is 1.86. The molecule has 1 aliphatic carbocycles. The second kappa shape index (κ2) is 6.71. The van der Waals surface area contributed by atoms with Crippen LogP contribution in [-0.2, 0) is 14.3 Å². The molecule has 1 aromatic rings. The number of hydrogen-bond donors (Lipinski definition) is 4. The van der Waals surface area contributed by atoms with Gasteiger partial charge in [0.15, 0.2) is 12.4 Å². The Kier molecular flexibility index (Phi) is 4.78. The number of aliphatic hydroxyl groups excluding tert-OH is 4. The monoisotopic (exact) mass is 352 g/mol. The highest BCUT2D eigenvalue weighted by Gasteiger charge is 2.48. The average Bonchev–Trinajstić information content (AvgIpc) is 2.63. The summed E-state index contributed by atoms with van der Waals surface area (Å²) in [4.78, 5) is 36.8. The Morgan fingerprint density at radius 2 is 1.56 bits per heavy atom. The maximum atomic E-state index is 12.5. The third-order valence-electron chi connectivity index (χ3n) is 4.26. The Labute approximate surface area is 141 Å². The summed E-state index contributed by atoms with van der Waals surface area (Å²) < 4.78 is 10.3. The summed E-state index contributed by atoms with van der Waals surface area (Å²) >= 11 is 0. The van der Waals surface area contributed by atoms with Crippen molar-refractivity contribution in [1.82, 2.24) is 0 Å². The Morgan fingerprint density at radius 1 is 0.920 bits per heavy atom. The number of Topliss-reactive ketones (excluding diaryl/α,β-unsaturated/α-hetero) is 3. The van der Waals surface area contributed by atoms with Gasteiger partial charge in [-0.25, -0.2) is 0 Å². The molecule has 3 rings (SSSR count). The fraction of sp³-hybridized carbons (Fsp3) is 0.438. The maximum Gasteiger partial charge on any atom is 0.240 e. The van der Waals surface area contributed by atoms with Gasteiger partial charge in [0.25, 0.3) is 0 Å². The number of ether oxygens (including phenoxy) is 2. The lowest BCUT2D eigenvalue weighted by Crippen LogP contribution is -2.61. The van der Waals surface area contributed by atoms with E-state index in [9.17, 15) is 29.7 Å². The van der Waals surface area contributed by atoms with Gasteiger partial charge in [0.1, 0.15) is 24.4 Å². The van der Waals surface area contributed by atoms with E-state index >= 15 is 0 Å². The molecule has 0 aromatic heterocycles. The summed E-state index contributed by atoms with van der Waals surface area (Å²) in [5.41, 5.74) is -0.0344. The molecule has 134 valence electrons. The summed E-state index contributed by atoms with van der Waals surface area (Å²) in [7, 11) is 0. The van der Waals surface area contributed by atoms with Crippen LogP contribution in [0.15, 0.2) is 24.3 Å². The van der Waals surface area contributed by atoms with Crippen LogP contribution in [0.5, 0.6) is 0 Å². The lowest BCUT2D eigenvalue weighted by atomic mass is 9.86. The predicted molar refractivity (Wildman–Crippen MR) is 78.8 cm³/mol. The summed E-state index contributed by atoms with van der Waals surface area (Å²) in [6.07, 6.45) is -9.92. The molecular formula is C16H16O9. The van der Waals surface area contributed by atoms with Crippen molar-refractivity contribution < 1.29 is 44.3 Å². The number of aliphatic hydroxyl groups is 4. The van der Waals surface area contributed by atoms with E-state index in [4.69, 9.17) is 14.6 Å². The molecule has 1 heterocycles. The molecule has 9 heteroatoms. The molecule has 1 saturated heterocycles. The van der Waals surface area contributed by atoms with Crippen LogP contribution < -0.4 is 0 Å². The molecule has 1 fully saturated rings. The van der Waals surface area contributed by atoms with Gasteiger partial charge in [-0.3, -0.25) is 14.4 Å². The average molecular weight is 352 g/mol. The summed E-state index contributed by atoms with van der Waals surface area (Å²) in [6, 6.07) is 5.74. The highest BCUT2D eigenvalue weighted by molar-refractivity contribution is 6.53. The molecule has 1 aliphatic heterocycles. The quantitative estimate of drug-likeness (QED) is 0.351. The molecule has 0 amide bonds. The SMILES string of the molecule is O=C1C(=O)C(O[C@@H]2O[C@@H](CO)[C@@H](O)[C@@H](O)[C@H]2O)C(=O)c2ccccc21. The third-order valence-corrected chi connectivity index (χ3v) is 4.26. The number of carbonyl (C=O) groups is 3. The smallest absolute Gasteiger partial charge is 0.240 e. The highest BCUT2D eigenvalue weighted by atomic mass is 16.7. The standard InChI is InChI=1S/C16H16O9/c17-5-8-11(20)12(21)14(23)16(24-8)25-15-10(19)7-4-2-1-3-6(7)9(18)13(15)22/h1-4,8,11-12,14-17,20-21,23H,5H2/t8-,11+,12+,14+,15?,16-/m0/s1. The first-order valence-electron chi connectivity index (χ1n) is 7.54. The zero-order chi connectivity index (χ0) is 18.3. The maximum absolute atomic E-state index is 12.5. The van der Waals surface area contributed by atoms with Crippen molar-refractivity contribution in [2.24, 2.45) is 0 Å². The molecule has 1 unspecified atom stereocenters. The third kappa shape index (κ3) is 2.91. The van der Waals surface area contributed by atoms with E-state index in [0.717, 1.165) is 0 Å². The van der Waals surface area contributed by atoms with Crippen molar-refractivity contribution in [3.05, 3.63) is 35.4 Å². The van der Waals surface area contributed by atoms with Crippen molar-refractivity contribution in [2.45, 2.75) is 36.8 Å². The van der Waals surface area contributed by atoms with E-state index in [2.05, 4.69) is 0 Å². The number of benzene rings is 1. The Hall–Kier alpha value is -2.01. The first-order chi connectivity index (χ1) is 11.9. The number of ketones is 3. The van der Waals surface area contributed by atoms with Crippen molar-refractivity contribution in [3.8, 4) is 0 Å². The minimum Gasteiger partial charge on any atom is -0.394 e. The van der Waals surface area contributed by atoms with E-state index in [1.807, 2.05) is 0 Å². The first kappa shape index (κ1) is 17.8. The molecule has 25 heavy (non-hydrogen) atoms. The second-order valence-electron chi connectivity index (χ2n) is 5.82. The van der Waals surface area contributed by atoms with Crippen LogP contribution in [0.4, 0.5) is 0 Å². The van der Waals surface area contributed by atoms with Gasteiger partial charge in [0.05, 0.1) is 6.61 Å². The molecule has 9 nitrogen and oxygen atoms in total. The van der Waals surface area contributed by atoms with Crippen LogP contribution in [0.2, 0.25) is 0 Å². The fourth-order valence-corrected chi connectivity index (χ4v) is 2.85. The van der Waals surface area contributed by atoms with E-state index in [1.54, 1.807) is 0 Å². The van der Waals surface area contributed by atoms with Crippen molar-refractivity contribution in [3.63, 3.8) is 0 Å². The predicted octanol–water partition coefficient (Wildman–Crippen LogP) is -2.18. The number of rotatable bonds is 3. The molecule has 4 N–H and O–H groups in total. The number of carbonyl (C=O) groups excluding carboxylic acids is 3. The van der Waals surface area contributed by atoms with Crippen LogP contribution in [-0.4, -0.2) is 81.2 Å². The molecule has 0 bridgehead atoms. The second-order valence-corrected chi connectivity index (χ2v) is 5.82. The minimum absolute atomic E-state index is 0.00157. The normalized spacial score (nSPS) is 35.6. The molecule has 0 spiro atoms. The zero-order valence-electron chi connectivity index (χ0n) is 12.8. The fourth-order valence-electron chi connectivity index (χ4n) is 2.85. The van der Waals surface area contributed by atoms with Crippen molar-refractivity contribution in [2.75, 3.05) is 6.61 Å². The van der Waals surface area contributed by atoms with Crippen LogP contribution >= 0.6 is 0 Å². The topological polar surface area (TPSA) is 151 Å². The summed E-state index contributed by atoms with van der Waals surface area (Å²) in [5, 5.41) is 38.5. The van der Waals surface area contributed by atoms with Crippen LogP contribution in [0.3, 0.4) is 0 Å². The van der Waals surface area contributed by atoms with Gasteiger partial charge in [-0.1, -0.05) is 24.3 Å². The Morgan fingerprint density at radius 3 is 2.20 bits per heavy atom. The van der Waals surface area contributed by atoms with Gasteiger partial charge in [-0.15, -0.1) is 0 Å². The molecular weight excluding hydrogens is 336 g/mol. The van der Waals surface area contributed by atoms with Crippen LogP contribution in [0, 0.1) is 0 Å². The van der Waals surface area contributed by atoms with Crippen LogP contribution in [0.25, 0.3) is 0 Å². The van der Waals surface area contributed by atoms with Gasteiger partial charge >= 0.3 is 0 Å². The van der Waals surface area contributed by atoms with Crippen LogP contribution in [0.1, 0.15) is 20.7 Å². The van der Waals surface area contributed by atoms with E-state index < -0.39 is 60.8 Å². The molecule has 0 saturated carbocycles. The summed E-state index contributed by atoms with van der Waals surface area (Å²) in [6.45, 7) is -0.695. The van der Waals surface area contributed by atoms with E-state index in [1.165, 1.54) is 24.3 Å². The van der Waals surface area contributed by atoms with Gasteiger partial charge in [-0.05, 0) is 0 Å². The van der Waals surface area contributed by atoms with Gasteiger partial charge in [0, 0.05) is 11.1 Å². The molecule has 0 radical (unpaired) electrons. The van der Waals surface area contributed by atoms with E-state index in [0.29, 0.717) is 0 Å². The Bertz CT molecular complexity index is 713. The first-order valence-corrected chi connectivity index (χ1v) is 7.54. The van der Waals surface area contributed by atoms with Gasteiger partial charge in [-0.2, -0.15) is 0 Å². The highest BCUT2D eigenvalue weighted by Crippen LogP contribution is 2.27. The number of hydrogen-bond acceptors (Lipinski definition) is 9. The molecule has 1 aromatic carbocycles. The molecule has 2 aliphatic rings. The largest absolute Gasteiger partial charge is 0.394 e. The van der Waals surface area contributed by atoms with E-state index in [-0.39, 0.29) is 11.1 Å². The lowest BCUT2D eigenvalue weighted by molar-refractivity contribution is -0.304. The lowest BCUT2D eigenvalue weighted by Gasteiger charge is -2.40. The minimum atomic E-state index is -1.84. The summed E-state index contributed by atoms with van der Waals surface area (Å²) in [5.74, 6) is -2.82. The number of fused-ring (bicyclic) bond motifs is 1.